The van der Waals surface area contributed by atoms with E-state index in [0.29, 0.717) is 19.8 Å². The standard InChI is InChI=1S/C21H26FN3O2/c1-24(2)17-9-7-16(8-10-17)20(25-11-13-27-14-12-25)15-23-21(26)18-5-3-4-6-19(18)22/h3-10,20H,11-15H2,1-2H3,(H,23,26)/t20-/m0/s1. The average Bonchev–Trinajstić information content (AvgIpc) is 2.69. The molecule has 0 spiro atoms. The molecule has 1 aliphatic heterocycles. The molecule has 3 rings (SSSR count). The number of ether oxygens (including phenoxy) is 1. The number of anilines is 1. The number of benzene rings is 2. The zero-order valence-electron chi connectivity index (χ0n) is 15.8. The molecule has 144 valence electrons. The van der Waals surface area contributed by atoms with Crippen molar-refractivity contribution in [2.24, 2.45) is 0 Å². The topological polar surface area (TPSA) is 44.8 Å². The van der Waals surface area contributed by atoms with Gasteiger partial charge in [0.2, 0.25) is 0 Å². The Balaban J connectivity index is 1.75. The van der Waals surface area contributed by atoms with Crippen molar-refractivity contribution in [1.29, 1.82) is 0 Å². The summed E-state index contributed by atoms with van der Waals surface area (Å²) in [5, 5.41) is 2.90. The molecule has 0 unspecified atom stereocenters. The lowest BCUT2D eigenvalue weighted by molar-refractivity contribution is 0.0162. The molecule has 1 aliphatic rings. The molecule has 1 heterocycles. The van der Waals surface area contributed by atoms with Crippen molar-refractivity contribution in [3.63, 3.8) is 0 Å². The fourth-order valence-electron chi connectivity index (χ4n) is 3.27. The largest absolute Gasteiger partial charge is 0.379 e. The zero-order valence-corrected chi connectivity index (χ0v) is 15.8. The first-order valence-electron chi connectivity index (χ1n) is 9.18. The van der Waals surface area contributed by atoms with Crippen LogP contribution in [0.25, 0.3) is 0 Å². The average molecular weight is 371 g/mol. The first-order valence-corrected chi connectivity index (χ1v) is 9.18. The van der Waals surface area contributed by atoms with Gasteiger partial charge in [-0.25, -0.2) is 4.39 Å². The van der Waals surface area contributed by atoms with E-state index in [1.165, 1.54) is 12.1 Å². The van der Waals surface area contributed by atoms with Gasteiger partial charge in [0.1, 0.15) is 5.82 Å². The Morgan fingerprint density at radius 1 is 1.15 bits per heavy atom. The van der Waals surface area contributed by atoms with Gasteiger partial charge in [-0.05, 0) is 29.8 Å². The Bertz CT molecular complexity index is 758. The number of nitrogens with zero attached hydrogens (tertiary/aromatic N) is 2. The molecule has 0 aromatic heterocycles. The highest BCUT2D eigenvalue weighted by atomic mass is 19.1. The molecule has 6 heteroatoms. The molecular weight excluding hydrogens is 345 g/mol. The number of hydrogen-bond donors (Lipinski definition) is 1. The SMILES string of the molecule is CN(C)c1ccc([C@H](CNC(=O)c2ccccc2F)N2CCOCC2)cc1. The predicted molar refractivity (Wildman–Crippen MR) is 105 cm³/mol. The number of amides is 1. The predicted octanol–water partition coefficient (Wildman–Crippen LogP) is 2.70. The summed E-state index contributed by atoms with van der Waals surface area (Å²) in [5.41, 5.74) is 2.31. The van der Waals surface area contributed by atoms with Crippen LogP contribution in [0, 0.1) is 5.82 Å². The summed E-state index contributed by atoms with van der Waals surface area (Å²) in [6.45, 7) is 3.36. The Morgan fingerprint density at radius 3 is 2.44 bits per heavy atom. The van der Waals surface area contributed by atoms with Gasteiger partial charge >= 0.3 is 0 Å². The molecule has 0 bridgehead atoms. The van der Waals surface area contributed by atoms with Crippen molar-refractivity contribution in [2.45, 2.75) is 6.04 Å². The summed E-state index contributed by atoms with van der Waals surface area (Å²) in [6, 6.07) is 14.4. The van der Waals surface area contributed by atoms with Crippen LogP contribution < -0.4 is 10.2 Å². The van der Waals surface area contributed by atoms with E-state index in [9.17, 15) is 9.18 Å². The van der Waals surface area contributed by atoms with Gasteiger partial charge in [-0.15, -0.1) is 0 Å². The van der Waals surface area contributed by atoms with Crippen LogP contribution in [0.1, 0.15) is 22.0 Å². The maximum absolute atomic E-state index is 13.9. The van der Waals surface area contributed by atoms with Crippen LogP contribution in [-0.2, 0) is 4.74 Å². The van der Waals surface area contributed by atoms with Gasteiger partial charge in [-0.3, -0.25) is 9.69 Å². The minimum Gasteiger partial charge on any atom is -0.379 e. The van der Waals surface area contributed by atoms with Gasteiger partial charge in [-0.2, -0.15) is 0 Å². The van der Waals surface area contributed by atoms with Crippen molar-refractivity contribution in [3.8, 4) is 0 Å². The quantitative estimate of drug-likeness (QED) is 0.848. The zero-order chi connectivity index (χ0) is 19.2. The minimum atomic E-state index is -0.506. The second-order valence-electron chi connectivity index (χ2n) is 6.84. The van der Waals surface area contributed by atoms with Crippen molar-refractivity contribution in [2.75, 3.05) is 51.8 Å². The van der Waals surface area contributed by atoms with E-state index < -0.39 is 11.7 Å². The van der Waals surface area contributed by atoms with Crippen LogP contribution in [-0.4, -0.2) is 57.8 Å². The van der Waals surface area contributed by atoms with E-state index >= 15 is 0 Å². The summed E-state index contributed by atoms with van der Waals surface area (Å²) in [7, 11) is 4.01. The molecule has 1 N–H and O–H groups in total. The molecule has 1 fully saturated rings. The summed E-state index contributed by atoms with van der Waals surface area (Å²) >= 11 is 0. The molecule has 1 atom stereocenters. The molecule has 1 saturated heterocycles. The summed E-state index contributed by atoms with van der Waals surface area (Å²) in [6.07, 6.45) is 0. The Labute approximate surface area is 159 Å². The summed E-state index contributed by atoms with van der Waals surface area (Å²) in [4.78, 5) is 16.8. The first-order chi connectivity index (χ1) is 13.1. The highest BCUT2D eigenvalue weighted by molar-refractivity contribution is 5.94. The third kappa shape index (κ3) is 4.84. The third-order valence-electron chi connectivity index (χ3n) is 4.86. The smallest absolute Gasteiger partial charge is 0.254 e. The third-order valence-corrected chi connectivity index (χ3v) is 4.86. The maximum atomic E-state index is 13.9. The van der Waals surface area contributed by atoms with Crippen molar-refractivity contribution in [1.82, 2.24) is 10.2 Å². The lowest BCUT2D eigenvalue weighted by Gasteiger charge is -2.35. The van der Waals surface area contributed by atoms with Gasteiger partial charge in [0.05, 0.1) is 24.8 Å². The van der Waals surface area contributed by atoms with Crippen LogP contribution in [0.3, 0.4) is 0 Å². The fourth-order valence-corrected chi connectivity index (χ4v) is 3.27. The second-order valence-corrected chi connectivity index (χ2v) is 6.84. The Kier molecular flexibility index (Phi) is 6.42. The first kappa shape index (κ1) is 19.3. The van der Waals surface area contributed by atoms with E-state index in [4.69, 9.17) is 4.74 Å². The Hall–Kier alpha value is -2.44. The van der Waals surface area contributed by atoms with E-state index in [0.717, 1.165) is 24.3 Å². The molecule has 0 radical (unpaired) electrons. The molecule has 1 amide bonds. The lowest BCUT2D eigenvalue weighted by atomic mass is 10.0. The van der Waals surface area contributed by atoms with E-state index in [-0.39, 0.29) is 11.6 Å². The van der Waals surface area contributed by atoms with Crippen molar-refractivity contribution < 1.29 is 13.9 Å². The van der Waals surface area contributed by atoms with E-state index in [1.54, 1.807) is 12.1 Å². The van der Waals surface area contributed by atoms with Crippen LogP contribution in [0.5, 0.6) is 0 Å². The van der Waals surface area contributed by atoms with Gasteiger partial charge in [-0.1, -0.05) is 24.3 Å². The minimum absolute atomic E-state index is 0.0147. The summed E-state index contributed by atoms with van der Waals surface area (Å²) < 4.78 is 19.3. The molecule has 0 saturated carbocycles. The van der Waals surface area contributed by atoms with Gasteiger partial charge in [0.25, 0.3) is 5.91 Å². The normalized spacial score (nSPS) is 16.0. The Morgan fingerprint density at radius 2 is 1.81 bits per heavy atom. The summed E-state index contributed by atoms with van der Waals surface area (Å²) in [5.74, 6) is -0.899. The van der Waals surface area contributed by atoms with Gasteiger partial charge < -0.3 is 15.0 Å². The van der Waals surface area contributed by atoms with Crippen LogP contribution >= 0.6 is 0 Å². The van der Waals surface area contributed by atoms with E-state index in [2.05, 4.69) is 34.5 Å². The number of halogens is 1. The van der Waals surface area contributed by atoms with Crippen LogP contribution in [0.2, 0.25) is 0 Å². The number of hydrogen-bond acceptors (Lipinski definition) is 4. The maximum Gasteiger partial charge on any atom is 0.254 e. The monoisotopic (exact) mass is 371 g/mol. The molecular formula is C21H26FN3O2. The number of morpholine rings is 1. The van der Waals surface area contributed by atoms with Gasteiger partial charge in [0, 0.05) is 39.4 Å². The molecule has 2 aromatic rings. The van der Waals surface area contributed by atoms with Crippen LogP contribution in [0.15, 0.2) is 48.5 Å². The lowest BCUT2D eigenvalue weighted by Crippen LogP contribution is -2.43. The molecule has 27 heavy (non-hydrogen) atoms. The van der Waals surface area contributed by atoms with Crippen molar-refractivity contribution in [3.05, 3.63) is 65.5 Å². The second kappa shape index (κ2) is 8.97. The van der Waals surface area contributed by atoms with Crippen LogP contribution in [0.4, 0.5) is 10.1 Å². The molecule has 0 aliphatic carbocycles. The number of nitrogens with one attached hydrogen (secondary N) is 1. The van der Waals surface area contributed by atoms with Gasteiger partial charge in [0.15, 0.2) is 0 Å². The fraction of sp³-hybridized carbons (Fsp3) is 0.381. The number of carbonyl (C=O) groups excluding carboxylic acids is 1. The highest BCUT2D eigenvalue weighted by Crippen LogP contribution is 2.24. The van der Waals surface area contributed by atoms with Crippen molar-refractivity contribution >= 4 is 11.6 Å². The van der Waals surface area contributed by atoms with E-state index in [1.807, 2.05) is 19.0 Å². The molecule has 2 aromatic carbocycles. The number of rotatable bonds is 6. The number of carbonyl (C=O) groups is 1. The highest BCUT2D eigenvalue weighted by Gasteiger charge is 2.24. The molecule has 5 nitrogen and oxygen atoms in total.